The minimum absolute atomic E-state index is 0.142. The fourth-order valence-electron chi connectivity index (χ4n) is 1.63. The van der Waals surface area contributed by atoms with Crippen LogP contribution in [0.15, 0.2) is 18.2 Å². The number of rotatable bonds is 5. The molecule has 1 atom stereocenters. The molecule has 0 radical (unpaired) electrons. The molecule has 0 aromatic heterocycles. The Morgan fingerprint density at radius 1 is 1.24 bits per heavy atom. The number of hydrogen-bond acceptors (Lipinski definition) is 4. The summed E-state index contributed by atoms with van der Waals surface area (Å²) in [5.74, 6) is 0.272. The Labute approximate surface area is 104 Å². The first-order chi connectivity index (χ1) is 7.91. The Morgan fingerprint density at radius 3 is 2.35 bits per heavy atom. The van der Waals surface area contributed by atoms with E-state index in [0.717, 1.165) is 24.3 Å². The predicted octanol–water partition coefficient (Wildman–Crippen LogP) is 1.41. The highest BCUT2D eigenvalue weighted by atomic mass is 16.3. The van der Waals surface area contributed by atoms with Gasteiger partial charge in [0.2, 0.25) is 0 Å². The van der Waals surface area contributed by atoms with Crippen LogP contribution in [0.4, 0.5) is 5.69 Å². The van der Waals surface area contributed by atoms with E-state index in [1.54, 1.807) is 6.07 Å². The summed E-state index contributed by atoms with van der Waals surface area (Å²) in [5.41, 5.74) is 7.55. The fraction of sp³-hybridized carbons (Fsp3) is 0.538. The van der Waals surface area contributed by atoms with Crippen LogP contribution in [0.3, 0.4) is 0 Å². The molecule has 17 heavy (non-hydrogen) atoms. The lowest BCUT2D eigenvalue weighted by Crippen LogP contribution is -2.28. The largest absolute Gasteiger partial charge is 0.508 e. The molecule has 4 heteroatoms. The van der Waals surface area contributed by atoms with Crippen LogP contribution >= 0.6 is 0 Å². The molecular formula is C13H23N3O. The van der Waals surface area contributed by atoms with E-state index in [0.29, 0.717) is 0 Å². The van der Waals surface area contributed by atoms with Crippen LogP contribution in [0.25, 0.3) is 0 Å². The van der Waals surface area contributed by atoms with Crippen LogP contribution in [0.5, 0.6) is 5.75 Å². The van der Waals surface area contributed by atoms with Crippen molar-refractivity contribution in [3.63, 3.8) is 0 Å². The Bertz CT molecular complexity index is 364. The minimum Gasteiger partial charge on any atom is -0.508 e. The lowest BCUT2D eigenvalue weighted by molar-refractivity contribution is 0.416. The van der Waals surface area contributed by atoms with Crippen LogP contribution in [0.2, 0.25) is 0 Å². The van der Waals surface area contributed by atoms with Gasteiger partial charge in [0.25, 0.3) is 0 Å². The van der Waals surface area contributed by atoms with E-state index in [1.165, 1.54) is 0 Å². The van der Waals surface area contributed by atoms with Crippen molar-refractivity contribution < 1.29 is 5.11 Å². The van der Waals surface area contributed by atoms with Gasteiger partial charge in [-0.25, -0.2) is 0 Å². The molecule has 0 aliphatic rings. The maximum absolute atomic E-state index is 9.87. The molecule has 1 rings (SSSR count). The number of phenols is 1. The highest BCUT2D eigenvalue weighted by Crippen LogP contribution is 2.27. The minimum atomic E-state index is -0.142. The highest BCUT2D eigenvalue weighted by molar-refractivity contribution is 5.53. The molecular weight excluding hydrogens is 214 g/mol. The van der Waals surface area contributed by atoms with Gasteiger partial charge in [0.1, 0.15) is 5.75 Å². The lowest BCUT2D eigenvalue weighted by Gasteiger charge is -2.22. The molecule has 0 fully saturated rings. The number of phenolic OH excluding ortho intramolecular Hbond substituents is 1. The molecule has 0 amide bonds. The van der Waals surface area contributed by atoms with Gasteiger partial charge in [-0.1, -0.05) is 6.07 Å². The number of likely N-dealkylation sites (N-methyl/N-ethyl adjacent to an activating group) is 2. The van der Waals surface area contributed by atoms with E-state index in [9.17, 15) is 5.11 Å². The Morgan fingerprint density at radius 2 is 1.88 bits per heavy atom. The molecule has 1 unspecified atom stereocenters. The normalized spacial score (nSPS) is 12.8. The molecule has 0 heterocycles. The number of hydrogen-bond donors (Lipinski definition) is 2. The molecule has 1 aromatic carbocycles. The SMILES string of the molecule is CC(N)c1ccc(N(C)CCN(C)C)cc1O. The Balaban J connectivity index is 2.75. The van der Waals surface area contributed by atoms with Gasteiger partial charge >= 0.3 is 0 Å². The van der Waals surface area contributed by atoms with Crippen molar-refractivity contribution in [3.8, 4) is 5.75 Å². The van der Waals surface area contributed by atoms with Crippen LogP contribution in [0.1, 0.15) is 18.5 Å². The van der Waals surface area contributed by atoms with E-state index in [-0.39, 0.29) is 11.8 Å². The topological polar surface area (TPSA) is 52.7 Å². The zero-order valence-corrected chi connectivity index (χ0v) is 11.1. The standard InChI is InChI=1S/C13H23N3O/c1-10(14)12-6-5-11(9-13(12)17)16(4)8-7-15(2)3/h5-6,9-10,17H,7-8,14H2,1-4H3. The summed E-state index contributed by atoms with van der Waals surface area (Å²) in [6.07, 6.45) is 0. The molecule has 0 saturated heterocycles. The van der Waals surface area contributed by atoms with Gasteiger partial charge in [0.15, 0.2) is 0 Å². The summed E-state index contributed by atoms with van der Waals surface area (Å²) in [6, 6.07) is 5.51. The van der Waals surface area contributed by atoms with Gasteiger partial charge in [-0.15, -0.1) is 0 Å². The van der Waals surface area contributed by atoms with Crippen molar-refractivity contribution in [2.75, 3.05) is 39.1 Å². The van der Waals surface area contributed by atoms with Crippen molar-refractivity contribution in [1.82, 2.24) is 4.90 Å². The lowest BCUT2D eigenvalue weighted by atomic mass is 10.1. The first-order valence-corrected chi connectivity index (χ1v) is 5.86. The zero-order chi connectivity index (χ0) is 13.0. The molecule has 1 aromatic rings. The van der Waals surface area contributed by atoms with Crippen LogP contribution < -0.4 is 10.6 Å². The molecule has 0 bridgehead atoms. The van der Waals surface area contributed by atoms with Crippen molar-refractivity contribution in [1.29, 1.82) is 0 Å². The van der Waals surface area contributed by atoms with Gasteiger partial charge in [-0.2, -0.15) is 0 Å². The van der Waals surface area contributed by atoms with Gasteiger partial charge in [-0.05, 0) is 27.1 Å². The van der Waals surface area contributed by atoms with Crippen LogP contribution in [-0.2, 0) is 0 Å². The first-order valence-electron chi connectivity index (χ1n) is 5.86. The molecule has 0 aliphatic heterocycles. The second-order valence-corrected chi connectivity index (χ2v) is 4.76. The van der Waals surface area contributed by atoms with Crippen LogP contribution in [0, 0.1) is 0 Å². The molecule has 4 nitrogen and oxygen atoms in total. The second-order valence-electron chi connectivity index (χ2n) is 4.76. The Kier molecular flexibility index (Phi) is 4.78. The van der Waals surface area contributed by atoms with Gasteiger partial charge in [0.05, 0.1) is 0 Å². The van der Waals surface area contributed by atoms with Crippen molar-refractivity contribution in [2.45, 2.75) is 13.0 Å². The number of nitrogens with zero attached hydrogens (tertiary/aromatic N) is 2. The first kappa shape index (κ1) is 13.8. The second kappa shape index (κ2) is 5.89. The van der Waals surface area contributed by atoms with E-state index in [1.807, 2.05) is 40.2 Å². The van der Waals surface area contributed by atoms with Crippen LogP contribution in [-0.4, -0.2) is 44.2 Å². The third-order valence-electron chi connectivity index (χ3n) is 2.83. The molecule has 0 saturated carbocycles. The van der Waals surface area contributed by atoms with Crippen molar-refractivity contribution >= 4 is 5.69 Å². The molecule has 96 valence electrons. The van der Waals surface area contributed by atoms with Crippen molar-refractivity contribution in [3.05, 3.63) is 23.8 Å². The summed E-state index contributed by atoms with van der Waals surface area (Å²) < 4.78 is 0. The summed E-state index contributed by atoms with van der Waals surface area (Å²) in [7, 11) is 6.11. The monoisotopic (exact) mass is 237 g/mol. The maximum atomic E-state index is 9.87. The number of benzene rings is 1. The van der Waals surface area contributed by atoms with Gasteiger partial charge in [-0.3, -0.25) is 0 Å². The summed E-state index contributed by atoms with van der Waals surface area (Å²) >= 11 is 0. The average Bonchev–Trinajstić information content (AvgIpc) is 2.25. The number of nitrogens with two attached hydrogens (primary N) is 1. The summed E-state index contributed by atoms with van der Waals surface area (Å²) in [5, 5.41) is 9.87. The average molecular weight is 237 g/mol. The summed E-state index contributed by atoms with van der Waals surface area (Å²) in [4.78, 5) is 4.25. The van der Waals surface area contributed by atoms with Gasteiger partial charge in [0, 0.05) is 43.5 Å². The molecule has 0 aliphatic carbocycles. The van der Waals surface area contributed by atoms with E-state index in [2.05, 4.69) is 9.80 Å². The third kappa shape index (κ3) is 3.91. The number of anilines is 1. The Hall–Kier alpha value is -1.26. The quantitative estimate of drug-likeness (QED) is 0.813. The van der Waals surface area contributed by atoms with Gasteiger partial charge < -0.3 is 20.6 Å². The third-order valence-corrected chi connectivity index (χ3v) is 2.83. The highest BCUT2D eigenvalue weighted by Gasteiger charge is 2.09. The fourth-order valence-corrected chi connectivity index (χ4v) is 1.63. The van der Waals surface area contributed by atoms with Crippen molar-refractivity contribution in [2.24, 2.45) is 5.73 Å². The van der Waals surface area contributed by atoms with E-state index >= 15 is 0 Å². The molecule has 3 N–H and O–H groups in total. The smallest absolute Gasteiger partial charge is 0.122 e. The maximum Gasteiger partial charge on any atom is 0.122 e. The summed E-state index contributed by atoms with van der Waals surface area (Å²) in [6.45, 7) is 3.76. The van der Waals surface area contributed by atoms with E-state index < -0.39 is 0 Å². The van der Waals surface area contributed by atoms with E-state index in [4.69, 9.17) is 5.73 Å². The zero-order valence-electron chi connectivity index (χ0n) is 11.1. The predicted molar refractivity (Wildman–Crippen MR) is 72.5 cm³/mol. The number of aromatic hydroxyl groups is 1. The molecule has 0 spiro atoms.